The van der Waals surface area contributed by atoms with Gasteiger partial charge < -0.3 is 0 Å². The molecule has 3 nitrogen and oxygen atoms in total. The number of hydrogen-bond donors (Lipinski definition) is 0. The fourth-order valence-corrected chi connectivity index (χ4v) is 0.773. The van der Waals surface area contributed by atoms with Gasteiger partial charge in [0.05, 0.1) is 0 Å². The predicted molar refractivity (Wildman–Crippen MR) is 31.8 cm³/mol. The fourth-order valence-electron chi connectivity index (χ4n) is 0.773. The summed E-state index contributed by atoms with van der Waals surface area (Å²) in [4.78, 5) is 0. The van der Waals surface area contributed by atoms with Gasteiger partial charge in [0.15, 0.2) is 11.3 Å². The Balaban J connectivity index is 2.95. The lowest BCUT2D eigenvalue weighted by Crippen LogP contribution is -1.74. The molecule has 0 spiro atoms. The summed E-state index contributed by atoms with van der Waals surface area (Å²) in [6.45, 7) is 0. The molecular formula is C6H3FN2O. The molecule has 0 radical (unpaired) electrons. The highest BCUT2D eigenvalue weighted by Crippen LogP contribution is 2.11. The highest BCUT2D eigenvalue weighted by Gasteiger charge is 2.03. The number of fused-ring (bicyclic) bond motifs is 1. The van der Waals surface area contributed by atoms with Crippen LogP contribution in [0.15, 0.2) is 22.8 Å². The van der Waals surface area contributed by atoms with E-state index in [1.165, 1.54) is 6.07 Å². The van der Waals surface area contributed by atoms with Crippen molar-refractivity contribution in [3.63, 3.8) is 0 Å². The Morgan fingerprint density at radius 1 is 1.30 bits per heavy atom. The van der Waals surface area contributed by atoms with Crippen molar-refractivity contribution < 1.29 is 9.02 Å². The Morgan fingerprint density at radius 3 is 3.00 bits per heavy atom. The summed E-state index contributed by atoms with van der Waals surface area (Å²) in [7, 11) is 0. The highest BCUT2D eigenvalue weighted by atomic mass is 19.1. The molecule has 2 aromatic rings. The Labute approximate surface area is 55.4 Å². The van der Waals surface area contributed by atoms with Crippen LogP contribution in [0.1, 0.15) is 0 Å². The van der Waals surface area contributed by atoms with Crippen LogP contribution in [-0.4, -0.2) is 10.3 Å². The zero-order valence-electron chi connectivity index (χ0n) is 4.91. The van der Waals surface area contributed by atoms with Crippen molar-refractivity contribution in [3.8, 4) is 0 Å². The third-order valence-electron chi connectivity index (χ3n) is 1.24. The van der Waals surface area contributed by atoms with Gasteiger partial charge in [-0.1, -0.05) is 6.07 Å². The van der Waals surface area contributed by atoms with E-state index < -0.39 is 5.82 Å². The van der Waals surface area contributed by atoms with Gasteiger partial charge in [0.25, 0.3) is 0 Å². The highest BCUT2D eigenvalue weighted by molar-refractivity contribution is 5.73. The molecule has 0 aliphatic carbocycles. The molecule has 1 aromatic carbocycles. The van der Waals surface area contributed by atoms with Crippen molar-refractivity contribution >= 4 is 11.0 Å². The van der Waals surface area contributed by atoms with Crippen molar-refractivity contribution in [2.45, 2.75) is 0 Å². The van der Waals surface area contributed by atoms with Crippen LogP contribution in [0.4, 0.5) is 4.39 Å². The summed E-state index contributed by atoms with van der Waals surface area (Å²) in [6.07, 6.45) is 0. The Morgan fingerprint density at radius 2 is 2.20 bits per heavy atom. The van der Waals surface area contributed by atoms with Gasteiger partial charge in [0.2, 0.25) is 0 Å². The zero-order chi connectivity index (χ0) is 6.97. The van der Waals surface area contributed by atoms with Crippen LogP contribution in [0.3, 0.4) is 0 Å². The molecule has 0 fully saturated rings. The van der Waals surface area contributed by atoms with E-state index in [0.29, 0.717) is 5.52 Å². The molecule has 1 aromatic heterocycles. The number of halogens is 1. The molecule has 4 heteroatoms. The lowest BCUT2D eigenvalue weighted by atomic mass is 10.3. The van der Waals surface area contributed by atoms with Crippen molar-refractivity contribution in [2.24, 2.45) is 0 Å². The lowest BCUT2D eigenvalue weighted by Gasteiger charge is -1.82. The fraction of sp³-hybridized carbons (Fsp3) is 0. The summed E-state index contributed by atoms with van der Waals surface area (Å²) in [6, 6.07) is 4.50. The van der Waals surface area contributed by atoms with Crippen LogP contribution in [0, 0.1) is 5.82 Å². The van der Waals surface area contributed by atoms with Crippen LogP contribution in [-0.2, 0) is 0 Å². The summed E-state index contributed by atoms with van der Waals surface area (Å²) in [5.74, 6) is -0.404. The van der Waals surface area contributed by atoms with Gasteiger partial charge >= 0.3 is 0 Å². The first-order chi connectivity index (χ1) is 4.88. The van der Waals surface area contributed by atoms with E-state index in [2.05, 4.69) is 14.9 Å². The first-order valence-electron chi connectivity index (χ1n) is 2.75. The minimum atomic E-state index is -0.404. The van der Waals surface area contributed by atoms with Crippen LogP contribution >= 0.6 is 0 Å². The minimum Gasteiger partial charge on any atom is -0.243 e. The second-order valence-electron chi connectivity index (χ2n) is 1.87. The van der Waals surface area contributed by atoms with Crippen LogP contribution in [0.25, 0.3) is 11.0 Å². The first kappa shape index (κ1) is 5.34. The normalized spacial score (nSPS) is 10.5. The zero-order valence-corrected chi connectivity index (χ0v) is 4.91. The minimum absolute atomic E-state index is 0.183. The number of aromatic nitrogens is 2. The molecule has 10 heavy (non-hydrogen) atoms. The molecular weight excluding hydrogens is 135 g/mol. The average Bonchev–Trinajstić information content (AvgIpc) is 2.36. The summed E-state index contributed by atoms with van der Waals surface area (Å²) in [5.41, 5.74) is 0.627. The van der Waals surface area contributed by atoms with Gasteiger partial charge in [-0.2, -0.15) is 0 Å². The molecule has 0 saturated heterocycles. The third-order valence-corrected chi connectivity index (χ3v) is 1.24. The Kier molecular flexibility index (Phi) is 0.943. The molecule has 0 atom stereocenters. The van der Waals surface area contributed by atoms with Crippen molar-refractivity contribution in [3.05, 3.63) is 24.0 Å². The van der Waals surface area contributed by atoms with E-state index in [-0.39, 0.29) is 5.52 Å². The summed E-state index contributed by atoms with van der Waals surface area (Å²) >= 11 is 0. The quantitative estimate of drug-likeness (QED) is 0.551. The monoisotopic (exact) mass is 138 g/mol. The maximum absolute atomic E-state index is 12.7. The predicted octanol–water partition coefficient (Wildman–Crippen LogP) is 1.36. The second kappa shape index (κ2) is 1.76. The first-order valence-corrected chi connectivity index (χ1v) is 2.75. The Hall–Kier alpha value is -1.45. The van der Waals surface area contributed by atoms with Crippen molar-refractivity contribution in [2.75, 3.05) is 0 Å². The van der Waals surface area contributed by atoms with Gasteiger partial charge in [-0.15, -0.1) is 0 Å². The lowest BCUT2D eigenvalue weighted by molar-refractivity contribution is 0.314. The van der Waals surface area contributed by atoms with Crippen molar-refractivity contribution in [1.29, 1.82) is 0 Å². The van der Waals surface area contributed by atoms with E-state index in [9.17, 15) is 4.39 Å². The molecule has 0 unspecified atom stereocenters. The molecule has 0 aliphatic heterocycles. The van der Waals surface area contributed by atoms with Gasteiger partial charge in [-0.3, -0.25) is 0 Å². The molecule has 0 aliphatic rings. The van der Waals surface area contributed by atoms with Gasteiger partial charge in [0.1, 0.15) is 5.52 Å². The number of hydrogen-bond acceptors (Lipinski definition) is 3. The molecule has 0 amide bonds. The maximum atomic E-state index is 12.7. The molecule has 0 saturated carbocycles. The maximum Gasteiger partial charge on any atom is 0.170 e. The van der Waals surface area contributed by atoms with Crippen molar-refractivity contribution in [1.82, 2.24) is 10.3 Å². The summed E-state index contributed by atoms with van der Waals surface area (Å²) < 4.78 is 17.0. The Bertz CT molecular complexity index is 357. The van der Waals surface area contributed by atoms with E-state index in [4.69, 9.17) is 0 Å². The summed E-state index contributed by atoms with van der Waals surface area (Å²) in [5, 5.41) is 6.81. The van der Waals surface area contributed by atoms with Gasteiger partial charge in [0, 0.05) is 0 Å². The van der Waals surface area contributed by atoms with Crippen LogP contribution < -0.4 is 0 Å². The average molecular weight is 138 g/mol. The molecule has 2 rings (SSSR count). The van der Waals surface area contributed by atoms with E-state index in [0.717, 1.165) is 0 Å². The molecule has 0 bridgehead atoms. The second-order valence-corrected chi connectivity index (χ2v) is 1.87. The molecule has 50 valence electrons. The van der Waals surface area contributed by atoms with Gasteiger partial charge in [-0.25, -0.2) is 9.02 Å². The van der Waals surface area contributed by atoms with E-state index >= 15 is 0 Å². The standard InChI is InChI=1S/C6H3FN2O/c7-4-2-1-3-5-6(4)9-10-8-5/h1-3H. The van der Waals surface area contributed by atoms with Gasteiger partial charge in [-0.05, 0) is 22.4 Å². The van der Waals surface area contributed by atoms with E-state index in [1.807, 2.05) is 0 Å². The van der Waals surface area contributed by atoms with Crippen LogP contribution in [0.2, 0.25) is 0 Å². The smallest absolute Gasteiger partial charge is 0.170 e. The number of rotatable bonds is 0. The number of nitrogens with zero attached hydrogens (tertiary/aromatic N) is 2. The number of benzene rings is 1. The third kappa shape index (κ3) is 0.586. The SMILES string of the molecule is Fc1cccc2nonc12. The molecule has 1 heterocycles. The van der Waals surface area contributed by atoms with Crippen LogP contribution in [0.5, 0.6) is 0 Å². The molecule has 0 N–H and O–H groups in total. The largest absolute Gasteiger partial charge is 0.243 e. The topological polar surface area (TPSA) is 38.9 Å². The van der Waals surface area contributed by atoms with E-state index in [1.54, 1.807) is 12.1 Å².